The van der Waals surface area contributed by atoms with Crippen molar-refractivity contribution in [2.45, 2.75) is 6.92 Å². The highest BCUT2D eigenvalue weighted by Gasteiger charge is 1.88. The molecule has 0 aromatic heterocycles. The molecular formula is C5H10FN. The lowest BCUT2D eigenvalue weighted by Crippen LogP contribution is -2.05. The average Bonchev–Trinajstić information content (AvgIpc) is 1.65. The fraction of sp³-hybridized carbons (Fsp3) is 0.600. The molecule has 2 heteroatoms. The Hall–Kier alpha value is -0.530. The minimum atomic E-state index is -0.194. The Morgan fingerprint density at radius 2 is 2.00 bits per heavy atom. The largest absolute Gasteiger partial charge is 0.355 e. The molecule has 0 bridgehead atoms. The molecular weight excluding hydrogens is 93.1 g/mol. The minimum Gasteiger partial charge on any atom is -0.355 e. The third-order valence-corrected chi connectivity index (χ3v) is 0.665. The van der Waals surface area contributed by atoms with Gasteiger partial charge in [-0.3, -0.25) is 0 Å². The zero-order valence-electron chi connectivity index (χ0n) is 4.90. The van der Waals surface area contributed by atoms with Crippen molar-refractivity contribution < 1.29 is 4.39 Å². The van der Waals surface area contributed by atoms with E-state index in [1.807, 2.05) is 0 Å². The van der Waals surface area contributed by atoms with Crippen LogP contribution >= 0.6 is 0 Å². The van der Waals surface area contributed by atoms with E-state index in [1.54, 1.807) is 21.0 Å². The first kappa shape index (κ1) is 6.47. The molecule has 0 saturated heterocycles. The molecule has 7 heavy (non-hydrogen) atoms. The molecule has 0 rings (SSSR count). The fourth-order valence-electron chi connectivity index (χ4n) is 0.258. The van der Waals surface area contributed by atoms with Gasteiger partial charge in [0.1, 0.15) is 0 Å². The first-order valence-corrected chi connectivity index (χ1v) is 2.17. The van der Waals surface area contributed by atoms with E-state index in [4.69, 9.17) is 0 Å². The lowest BCUT2D eigenvalue weighted by atomic mass is 10.6. The van der Waals surface area contributed by atoms with Gasteiger partial charge in [0.25, 0.3) is 0 Å². The first-order valence-electron chi connectivity index (χ1n) is 2.17. The van der Waals surface area contributed by atoms with Crippen LogP contribution in [0.5, 0.6) is 0 Å². The van der Waals surface area contributed by atoms with Crippen LogP contribution in [0.1, 0.15) is 6.92 Å². The van der Waals surface area contributed by atoms with Gasteiger partial charge in [-0.25, -0.2) is 0 Å². The highest BCUT2D eigenvalue weighted by Crippen LogP contribution is 1.96. The molecule has 0 unspecified atom stereocenters. The van der Waals surface area contributed by atoms with Crippen molar-refractivity contribution in [3.8, 4) is 0 Å². The molecule has 0 spiro atoms. The van der Waals surface area contributed by atoms with Gasteiger partial charge in [0, 0.05) is 14.1 Å². The topological polar surface area (TPSA) is 3.24 Å². The van der Waals surface area contributed by atoms with Gasteiger partial charge in [-0.2, -0.15) is 4.39 Å². The number of halogens is 1. The van der Waals surface area contributed by atoms with Gasteiger partial charge in [0.05, 0.1) is 0 Å². The quantitative estimate of drug-likeness (QED) is 0.453. The second kappa shape index (κ2) is 2.61. The van der Waals surface area contributed by atoms with Crippen LogP contribution in [0.15, 0.2) is 12.0 Å². The lowest BCUT2D eigenvalue weighted by Gasteiger charge is -2.05. The van der Waals surface area contributed by atoms with E-state index in [0.29, 0.717) is 0 Å². The Labute approximate surface area is 43.4 Å². The highest BCUT2D eigenvalue weighted by atomic mass is 19.1. The van der Waals surface area contributed by atoms with Crippen LogP contribution in [-0.4, -0.2) is 19.0 Å². The van der Waals surface area contributed by atoms with Crippen LogP contribution in [0.2, 0.25) is 0 Å². The van der Waals surface area contributed by atoms with Crippen LogP contribution in [0, 0.1) is 0 Å². The van der Waals surface area contributed by atoms with E-state index in [2.05, 4.69) is 0 Å². The van der Waals surface area contributed by atoms with Gasteiger partial charge in [-0.1, -0.05) is 0 Å². The van der Waals surface area contributed by atoms with Gasteiger partial charge >= 0.3 is 0 Å². The summed E-state index contributed by atoms with van der Waals surface area (Å²) in [5.41, 5.74) is 0. The molecule has 0 aromatic rings. The zero-order chi connectivity index (χ0) is 5.86. The summed E-state index contributed by atoms with van der Waals surface area (Å²) in [6.07, 6.45) is 1.42. The van der Waals surface area contributed by atoms with Crippen molar-refractivity contribution in [2.75, 3.05) is 14.1 Å². The smallest absolute Gasteiger partial charge is 0.184 e. The summed E-state index contributed by atoms with van der Waals surface area (Å²) in [4.78, 5) is 1.42. The van der Waals surface area contributed by atoms with Gasteiger partial charge < -0.3 is 4.90 Å². The average molecular weight is 103 g/mol. The number of allylic oxidation sites excluding steroid dienone is 1. The first-order chi connectivity index (χ1) is 3.18. The van der Waals surface area contributed by atoms with E-state index in [1.165, 1.54) is 11.0 Å². The molecule has 0 aliphatic rings. The molecule has 0 saturated carbocycles. The summed E-state index contributed by atoms with van der Waals surface area (Å²) in [7, 11) is 3.32. The Bertz CT molecular complexity index is 76.1. The molecule has 0 N–H and O–H groups in total. The van der Waals surface area contributed by atoms with E-state index >= 15 is 0 Å². The third kappa shape index (κ3) is 2.20. The molecule has 0 aliphatic carbocycles. The number of hydrogen-bond donors (Lipinski definition) is 0. The van der Waals surface area contributed by atoms with E-state index < -0.39 is 0 Å². The normalized spacial score (nSPS) is 11.7. The molecule has 0 heterocycles. The summed E-state index contributed by atoms with van der Waals surface area (Å²) >= 11 is 0. The molecule has 0 radical (unpaired) electrons. The molecule has 0 fully saturated rings. The van der Waals surface area contributed by atoms with Gasteiger partial charge in [0.15, 0.2) is 5.95 Å². The second-order valence-corrected chi connectivity index (χ2v) is 1.51. The fourth-order valence-corrected chi connectivity index (χ4v) is 0.258. The maximum atomic E-state index is 12.0. The van der Waals surface area contributed by atoms with Crippen molar-refractivity contribution in [2.24, 2.45) is 0 Å². The SMILES string of the molecule is C/C=C(\F)N(C)C. The number of hydrogen-bond acceptors (Lipinski definition) is 1. The van der Waals surface area contributed by atoms with Crippen LogP contribution in [0.3, 0.4) is 0 Å². The van der Waals surface area contributed by atoms with Crippen molar-refractivity contribution in [3.05, 3.63) is 12.0 Å². The number of rotatable bonds is 1. The predicted molar refractivity (Wildman–Crippen MR) is 28.6 cm³/mol. The molecule has 0 amide bonds. The zero-order valence-corrected chi connectivity index (χ0v) is 4.90. The van der Waals surface area contributed by atoms with Gasteiger partial charge in [-0.15, -0.1) is 0 Å². The second-order valence-electron chi connectivity index (χ2n) is 1.51. The Morgan fingerprint density at radius 1 is 1.57 bits per heavy atom. The van der Waals surface area contributed by atoms with Crippen LogP contribution in [0.4, 0.5) is 4.39 Å². The summed E-state index contributed by atoms with van der Waals surface area (Å²) in [5.74, 6) is -0.194. The van der Waals surface area contributed by atoms with Gasteiger partial charge in [0.2, 0.25) is 0 Å². The molecule has 0 aromatic carbocycles. The summed E-state index contributed by atoms with van der Waals surface area (Å²) in [6, 6.07) is 0. The Morgan fingerprint density at radius 3 is 2.00 bits per heavy atom. The third-order valence-electron chi connectivity index (χ3n) is 0.665. The van der Waals surface area contributed by atoms with Crippen molar-refractivity contribution >= 4 is 0 Å². The van der Waals surface area contributed by atoms with Crippen LogP contribution in [-0.2, 0) is 0 Å². The van der Waals surface area contributed by atoms with Crippen molar-refractivity contribution in [1.29, 1.82) is 0 Å². The van der Waals surface area contributed by atoms with Crippen molar-refractivity contribution in [3.63, 3.8) is 0 Å². The molecule has 0 atom stereocenters. The summed E-state index contributed by atoms with van der Waals surface area (Å²) in [5, 5.41) is 0. The molecule has 1 nitrogen and oxygen atoms in total. The standard InChI is InChI=1S/C5H10FN/c1-4-5(6)7(2)3/h4H,1-3H3/b5-4+. The summed E-state index contributed by atoms with van der Waals surface area (Å²) in [6.45, 7) is 1.66. The summed E-state index contributed by atoms with van der Waals surface area (Å²) < 4.78 is 12.0. The molecule has 0 aliphatic heterocycles. The predicted octanol–water partition coefficient (Wildman–Crippen LogP) is 1.38. The van der Waals surface area contributed by atoms with Crippen molar-refractivity contribution in [1.82, 2.24) is 4.90 Å². The Kier molecular flexibility index (Phi) is 2.41. The maximum Gasteiger partial charge on any atom is 0.184 e. The van der Waals surface area contributed by atoms with Crippen LogP contribution in [0.25, 0.3) is 0 Å². The lowest BCUT2D eigenvalue weighted by molar-refractivity contribution is 0.373. The minimum absolute atomic E-state index is 0.194. The maximum absolute atomic E-state index is 12.0. The van der Waals surface area contributed by atoms with Crippen LogP contribution < -0.4 is 0 Å². The van der Waals surface area contributed by atoms with Gasteiger partial charge in [-0.05, 0) is 13.0 Å². The monoisotopic (exact) mass is 103 g/mol. The van der Waals surface area contributed by atoms with E-state index in [-0.39, 0.29) is 5.95 Å². The highest BCUT2D eigenvalue weighted by molar-refractivity contribution is 4.84. The Balaban J connectivity index is 3.56. The molecule has 42 valence electrons. The number of nitrogens with zero attached hydrogens (tertiary/aromatic N) is 1. The van der Waals surface area contributed by atoms with E-state index in [9.17, 15) is 4.39 Å². The van der Waals surface area contributed by atoms with E-state index in [0.717, 1.165) is 0 Å².